The zero-order valence-electron chi connectivity index (χ0n) is 12.6. The molecule has 1 aromatic carbocycles. The Labute approximate surface area is 122 Å². The van der Waals surface area contributed by atoms with E-state index in [1.165, 1.54) is 0 Å². The second-order valence-electron chi connectivity index (χ2n) is 4.73. The van der Waals surface area contributed by atoms with Gasteiger partial charge in [-0.1, -0.05) is 19.1 Å². The number of benzene rings is 1. The number of hydrogen-bond acceptors (Lipinski definition) is 4. The lowest BCUT2D eigenvalue weighted by atomic mass is 10.0. The van der Waals surface area contributed by atoms with E-state index in [-0.39, 0.29) is 17.5 Å². The Bertz CT molecular complexity index is 500. The van der Waals surface area contributed by atoms with Crippen LogP contribution in [0.2, 0.25) is 0 Å². The third-order valence-corrected chi connectivity index (χ3v) is 5.10. The highest BCUT2D eigenvalue weighted by molar-refractivity contribution is 7.91. The van der Waals surface area contributed by atoms with Crippen LogP contribution in [-0.4, -0.2) is 33.6 Å². The van der Waals surface area contributed by atoms with Crippen molar-refractivity contribution in [2.24, 2.45) is 0 Å². The number of sulfone groups is 1. The highest BCUT2D eigenvalue weighted by Gasteiger charge is 2.13. The quantitative estimate of drug-likeness (QED) is 0.761. The third-order valence-electron chi connectivity index (χ3n) is 3.31. The molecule has 0 aliphatic heterocycles. The molecule has 1 rings (SSSR count). The van der Waals surface area contributed by atoms with Gasteiger partial charge in [-0.25, -0.2) is 8.42 Å². The lowest BCUT2D eigenvalue weighted by Crippen LogP contribution is -2.18. The monoisotopic (exact) mass is 299 g/mol. The number of hydrogen-bond donors (Lipinski definition) is 1. The molecule has 0 aliphatic carbocycles. The van der Waals surface area contributed by atoms with E-state index in [0.717, 1.165) is 17.7 Å². The molecule has 0 amide bonds. The molecule has 0 saturated carbocycles. The Morgan fingerprint density at radius 3 is 2.65 bits per heavy atom. The lowest BCUT2D eigenvalue weighted by Gasteiger charge is -2.17. The molecule has 1 N–H and O–H groups in total. The molecule has 114 valence electrons. The predicted octanol–water partition coefficient (Wildman–Crippen LogP) is 2.56. The number of nitrogens with one attached hydrogen (secondary N) is 1. The Balaban J connectivity index is 2.64. The molecule has 20 heavy (non-hydrogen) atoms. The fourth-order valence-corrected chi connectivity index (χ4v) is 3.01. The van der Waals surface area contributed by atoms with Gasteiger partial charge in [-0.3, -0.25) is 0 Å². The van der Waals surface area contributed by atoms with E-state index in [4.69, 9.17) is 4.74 Å². The molecular weight excluding hydrogens is 274 g/mol. The van der Waals surface area contributed by atoms with E-state index in [2.05, 4.69) is 5.32 Å². The van der Waals surface area contributed by atoms with Crippen LogP contribution in [0.5, 0.6) is 5.75 Å². The highest BCUT2D eigenvalue weighted by Crippen LogP contribution is 2.23. The van der Waals surface area contributed by atoms with Gasteiger partial charge in [-0.05, 0) is 44.5 Å². The van der Waals surface area contributed by atoms with Gasteiger partial charge in [0.1, 0.15) is 15.6 Å². The van der Waals surface area contributed by atoms with Crippen LogP contribution in [0.3, 0.4) is 0 Å². The van der Waals surface area contributed by atoms with Gasteiger partial charge in [0.2, 0.25) is 0 Å². The van der Waals surface area contributed by atoms with Crippen LogP contribution in [0.15, 0.2) is 24.3 Å². The molecule has 0 radical (unpaired) electrons. The van der Waals surface area contributed by atoms with Crippen molar-refractivity contribution in [3.05, 3.63) is 29.8 Å². The van der Waals surface area contributed by atoms with Crippen molar-refractivity contribution in [1.29, 1.82) is 0 Å². The van der Waals surface area contributed by atoms with Crippen LogP contribution in [0, 0.1) is 0 Å². The fraction of sp³-hybridized carbons (Fsp3) is 0.600. The first-order valence-corrected chi connectivity index (χ1v) is 8.95. The van der Waals surface area contributed by atoms with Gasteiger partial charge >= 0.3 is 0 Å². The van der Waals surface area contributed by atoms with Crippen molar-refractivity contribution in [2.45, 2.75) is 32.7 Å². The normalized spacial score (nSPS) is 13.2. The van der Waals surface area contributed by atoms with Crippen LogP contribution in [0.25, 0.3) is 0 Å². The topological polar surface area (TPSA) is 55.4 Å². The molecule has 0 bridgehead atoms. The summed E-state index contributed by atoms with van der Waals surface area (Å²) < 4.78 is 28.5. The summed E-state index contributed by atoms with van der Waals surface area (Å²) in [6.07, 6.45) is 1.46. The maximum atomic E-state index is 11.5. The van der Waals surface area contributed by atoms with Crippen LogP contribution in [-0.2, 0) is 9.84 Å². The smallest absolute Gasteiger partial charge is 0.150 e. The molecule has 0 fully saturated rings. The number of rotatable bonds is 9. The minimum Gasteiger partial charge on any atom is -0.494 e. The van der Waals surface area contributed by atoms with E-state index in [9.17, 15) is 8.42 Å². The molecule has 0 spiro atoms. The molecule has 0 aromatic heterocycles. The van der Waals surface area contributed by atoms with Gasteiger partial charge < -0.3 is 10.1 Å². The maximum Gasteiger partial charge on any atom is 0.150 e. The van der Waals surface area contributed by atoms with Gasteiger partial charge in [0.15, 0.2) is 0 Å². The van der Waals surface area contributed by atoms with Crippen molar-refractivity contribution >= 4 is 9.84 Å². The van der Waals surface area contributed by atoms with Gasteiger partial charge in [-0.2, -0.15) is 0 Å². The summed E-state index contributed by atoms with van der Waals surface area (Å²) >= 11 is 0. The van der Waals surface area contributed by atoms with Crippen molar-refractivity contribution in [3.63, 3.8) is 0 Å². The fourth-order valence-electron chi connectivity index (χ4n) is 2.12. The van der Waals surface area contributed by atoms with E-state index >= 15 is 0 Å². The second-order valence-corrected chi connectivity index (χ2v) is 7.20. The Kier molecular flexibility index (Phi) is 7.02. The zero-order chi connectivity index (χ0) is 15.0. The summed E-state index contributed by atoms with van der Waals surface area (Å²) in [6, 6.07) is 8.11. The average molecular weight is 299 g/mol. The molecule has 0 saturated heterocycles. The summed E-state index contributed by atoms with van der Waals surface area (Å²) in [6.45, 7) is 4.29. The lowest BCUT2D eigenvalue weighted by molar-refractivity contribution is 0.339. The van der Waals surface area contributed by atoms with E-state index in [0.29, 0.717) is 13.0 Å². The van der Waals surface area contributed by atoms with Crippen molar-refractivity contribution < 1.29 is 13.2 Å². The summed E-state index contributed by atoms with van der Waals surface area (Å²) in [7, 11) is -0.980. The van der Waals surface area contributed by atoms with Crippen LogP contribution in [0.1, 0.15) is 38.3 Å². The summed E-state index contributed by atoms with van der Waals surface area (Å²) in [5.74, 6) is 1.33. The largest absolute Gasteiger partial charge is 0.494 e. The Morgan fingerprint density at radius 1 is 1.30 bits per heavy atom. The summed E-state index contributed by atoms with van der Waals surface area (Å²) in [5, 5.41) is 3.24. The van der Waals surface area contributed by atoms with Gasteiger partial charge in [0.05, 0.1) is 12.4 Å². The zero-order valence-corrected chi connectivity index (χ0v) is 13.4. The van der Waals surface area contributed by atoms with E-state index in [1.54, 1.807) is 6.92 Å². The molecule has 1 aromatic rings. The first-order chi connectivity index (χ1) is 9.52. The first-order valence-electron chi connectivity index (χ1n) is 7.12. The summed E-state index contributed by atoms with van der Waals surface area (Å²) in [4.78, 5) is 0. The van der Waals surface area contributed by atoms with Gasteiger partial charge in [0, 0.05) is 11.8 Å². The highest BCUT2D eigenvalue weighted by atomic mass is 32.2. The maximum absolute atomic E-state index is 11.5. The van der Waals surface area contributed by atoms with Crippen molar-refractivity contribution in [3.8, 4) is 5.75 Å². The minimum atomic E-state index is -2.87. The molecule has 0 aliphatic rings. The van der Waals surface area contributed by atoms with Crippen LogP contribution in [0.4, 0.5) is 0 Å². The molecule has 0 heterocycles. The average Bonchev–Trinajstić information content (AvgIpc) is 2.44. The second kappa shape index (κ2) is 8.27. The molecule has 5 heteroatoms. The number of ether oxygens (including phenoxy) is 1. The van der Waals surface area contributed by atoms with Crippen molar-refractivity contribution in [1.82, 2.24) is 5.32 Å². The van der Waals surface area contributed by atoms with Crippen LogP contribution >= 0.6 is 0 Å². The minimum absolute atomic E-state index is 0.155. The van der Waals surface area contributed by atoms with Gasteiger partial charge in [0.25, 0.3) is 0 Å². The van der Waals surface area contributed by atoms with Crippen LogP contribution < -0.4 is 10.1 Å². The van der Waals surface area contributed by atoms with E-state index in [1.807, 2.05) is 38.2 Å². The predicted molar refractivity (Wildman–Crippen MR) is 83.0 cm³/mol. The third kappa shape index (κ3) is 5.51. The SMILES string of the molecule is CCOc1cccc(C(CCCS(=O)(=O)CC)NC)c1. The molecule has 1 unspecified atom stereocenters. The Morgan fingerprint density at radius 2 is 2.05 bits per heavy atom. The Hall–Kier alpha value is -1.07. The molecule has 4 nitrogen and oxygen atoms in total. The molecule has 1 atom stereocenters. The first kappa shape index (κ1) is 17.0. The molecular formula is C15H25NO3S. The van der Waals surface area contributed by atoms with Gasteiger partial charge in [-0.15, -0.1) is 0 Å². The van der Waals surface area contributed by atoms with E-state index < -0.39 is 9.84 Å². The summed E-state index contributed by atoms with van der Waals surface area (Å²) in [5.41, 5.74) is 1.13. The standard InChI is InChI=1S/C15H25NO3S/c1-4-19-14-9-6-8-13(12-14)15(16-3)10-7-11-20(17,18)5-2/h6,8-9,12,15-16H,4-5,7,10-11H2,1-3H3. The van der Waals surface area contributed by atoms with Crippen molar-refractivity contribution in [2.75, 3.05) is 25.2 Å².